The molecule has 2 aromatic heterocycles. The maximum absolute atomic E-state index is 14.1. The van der Waals surface area contributed by atoms with Gasteiger partial charge in [-0.2, -0.15) is 5.10 Å². The van der Waals surface area contributed by atoms with Crippen molar-refractivity contribution < 1.29 is 23.4 Å². The van der Waals surface area contributed by atoms with Crippen LogP contribution in [0.2, 0.25) is 0 Å². The van der Waals surface area contributed by atoms with Crippen molar-refractivity contribution in [1.29, 1.82) is 0 Å². The Bertz CT molecular complexity index is 1380. The highest BCUT2D eigenvalue weighted by atomic mass is 19.2. The smallest absolute Gasteiger partial charge is 0.345 e. The van der Waals surface area contributed by atoms with Gasteiger partial charge in [-0.25, -0.2) is 13.6 Å². The molecule has 1 aliphatic rings. The number of aliphatic carboxylic acids is 1. The van der Waals surface area contributed by atoms with Crippen molar-refractivity contribution >= 4 is 33.3 Å². The molecule has 0 aliphatic carbocycles. The number of rotatable bonds is 4. The third-order valence-corrected chi connectivity index (χ3v) is 5.65. The molecule has 5 rings (SSSR count). The fraction of sp³-hybridized carbons (Fsp3) is 0.217. The second-order valence-electron chi connectivity index (χ2n) is 7.99. The van der Waals surface area contributed by atoms with E-state index in [2.05, 4.69) is 10.2 Å². The molecule has 0 spiro atoms. The molecule has 6 nitrogen and oxygen atoms in total. The number of aromatic amines is 1. The van der Waals surface area contributed by atoms with Crippen molar-refractivity contribution in [3.8, 4) is 5.69 Å². The molecule has 1 aliphatic heterocycles. The largest absolute Gasteiger partial charge is 0.486 e. The van der Waals surface area contributed by atoms with Gasteiger partial charge in [-0.05, 0) is 30.2 Å². The minimum absolute atomic E-state index is 0.00300. The van der Waals surface area contributed by atoms with Gasteiger partial charge in [0.05, 0.1) is 23.5 Å². The summed E-state index contributed by atoms with van der Waals surface area (Å²) in [7, 11) is 0. The summed E-state index contributed by atoms with van der Waals surface area (Å²) in [5.74, 6) is -2.89. The van der Waals surface area contributed by atoms with Crippen LogP contribution in [0.5, 0.6) is 0 Å². The van der Waals surface area contributed by atoms with Crippen molar-refractivity contribution in [2.24, 2.45) is 0 Å². The summed E-state index contributed by atoms with van der Waals surface area (Å²) in [5, 5.41) is 18.1. The number of hydrogen-bond donors (Lipinski definition) is 2. The molecule has 0 saturated heterocycles. The number of carboxylic acids is 1. The molecule has 2 aromatic carbocycles. The zero-order valence-corrected chi connectivity index (χ0v) is 16.8. The van der Waals surface area contributed by atoms with E-state index < -0.39 is 23.7 Å². The first-order valence-corrected chi connectivity index (χ1v) is 9.89. The molecule has 31 heavy (non-hydrogen) atoms. The number of carbonyl (C=O) groups is 1. The van der Waals surface area contributed by atoms with Gasteiger partial charge < -0.3 is 14.4 Å². The molecule has 0 radical (unpaired) electrons. The van der Waals surface area contributed by atoms with Gasteiger partial charge in [-0.15, -0.1) is 0 Å². The number of halogens is 2. The van der Waals surface area contributed by atoms with Crippen LogP contribution in [0.3, 0.4) is 0 Å². The van der Waals surface area contributed by atoms with Gasteiger partial charge in [0.2, 0.25) is 0 Å². The Kier molecular flexibility index (Phi) is 4.32. The molecular weight excluding hydrogens is 404 g/mol. The van der Waals surface area contributed by atoms with Crippen LogP contribution in [0.1, 0.15) is 37.4 Å². The van der Waals surface area contributed by atoms with Crippen LogP contribution in [0.25, 0.3) is 33.1 Å². The minimum Gasteiger partial charge on any atom is -0.486 e. The molecule has 8 heteroatoms. The Labute approximate surface area is 175 Å². The normalized spacial score (nSPS) is 16.3. The van der Waals surface area contributed by atoms with E-state index in [-0.39, 0.29) is 12.3 Å². The van der Waals surface area contributed by atoms with Crippen LogP contribution < -0.4 is 0 Å². The van der Waals surface area contributed by atoms with Gasteiger partial charge in [0.15, 0.2) is 17.7 Å². The number of nitrogens with zero attached hydrogens (tertiary/aromatic N) is 2. The van der Waals surface area contributed by atoms with Crippen LogP contribution >= 0.6 is 0 Å². The number of carboxylic acid groups (broad SMARTS) is 1. The van der Waals surface area contributed by atoms with Gasteiger partial charge in [-0.3, -0.25) is 5.10 Å². The molecule has 158 valence electrons. The van der Waals surface area contributed by atoms with Crippen molar-refractivity contribution in [3.05, 3.63) is 65.7 Å². The van der Waals surface area contributed by atoms with Crippen LogP contribution in [0, 0.1) is 11.6 Å². The molecule has 4 aromatic rings. The summed E-state index contributed by atoms with van der Waals surface area (Å²) in [5.41, 5.74) is 4.55. The standard InChI is InChI=1S/C23H19F2N3O3/c1-11(2)22-21(13-6-20(23(29)30)31-10-13)15-8-18-12(9-26-27-18)5-19(15)28(22)14-3-4-16(24)17(25)7-14/h3-5,7-11,20H,6H2,1-2H3,(H,26,27)(H,29,30). The Hall–Kier alpha value is -3.68. The van der Waals surface area contributed by atoms with E-state index in [1.807, 2.05) is 30.5 Å². The molecule has 2 N–H and O–H groups in total. The summed E-state index contributed by atoms with van der Waals surface area (Å²) in [6.45, 7) is 4.01. The molecule has 1 atom stereocenters. The van der Waals surface area contributed by atoms with E-state index in [0.29, 0.717) is 5.69 Å². The second kappa shape index (κ2) is 6.94. The number of nitrogens with one attached hydrogen (secondary N) is 1. The van der Waals surface area contributed by atoms with E-state index in [4.69, 9.17) is 4.74 Å². The summed E-state index contributed by atoms with van der Waals surface area (Å²) in [6, 6.07) is 7.70. The molecule has 3 heterocycles. The van der Waals surface area contributed by atoms with Crippen LogP contribution in [-0.4, -0.2) is 31.9 Å². The quantitative estimate of drug-likeness (QED) is 0.477. The van der Waals surface area contributed by atoms with E-state index in [1.165, 1.54) is 18.4 Å². The molecule has 1 unspecified atom stereocenters. The average Bonchev–Trinajstić information content (AvgIpc) is 3.44. The lowest BCUT2D eigenvalue weighted by Gasteiger charge is -2.16. The van der Waals surface area contributed by atoms with Gasteiger partial charge in [0.1, 0.15) is 0 Å². The number of aromatic nitrogens is 3. The fourth-order valence-electron chi connectivity index (χ4n) is 4.30. The summed E-state index contributed by atoms with van der Waals surface area (Å²) in [4.78, 5) is 11.4. The molecule has 0 bridgehead atoms. The third kappa shape index (κ3) is 2.98. The second-order valence-corrected chi connectivity index (χ2v) is 7.99. The highest BCUT2D eigenvalue weighted by molar-refractivity contribution is 6.03. The molecule has 0 saturated carbocycles. The van der Waals surface area contributed by atoms with Crippen molar-refractivity contribution in [2.75, 3.05) is 0 Å². The predicted molar refractivity (Wildman–Crippen MR) is 112 cm³/mol. The van der Waals surface area contributed by atoms with E-state index in [1.54, 1.807) is 6.20 Å². The third-order valence-electron chi connectivity index (χ3n) is 5.65. The Morgan fingerprint density at radius 1 is 1.26 bits per heavy atom. The lowest BCUT2D eigenvalue weighted by molar-refractivity contribution is -0.145. The van der Waals surface area contributed by atoms with Crippen LogP contribution in [0.4, 0.5) is 8.78 Å². The first kappa shape index (κ1) is 19.3. The van der Waals surface area contributed by atoms with Crippen LogP contribution in [-0.2, 0) is 9.53 Å². The summed E-state index contributed by atoms with van der Waals surface area (Å²) in [6.07, 6.45) is 2.46. The number of benzene rings is 2. The Morgan fingerprint density at radius 3 is 2.74 bits per heavy atom. The van der Waals surface area contributed by atoms with E-state index in [9.17, 15) is 18.7 Å². The zero-order chi connectivity index (χ0) is 21.9. The molecular formula is C23H19F2N3O3. The monoisotopic (exact) mass is 423 g/mol. The first-order chi connectivity index (χ1) is 14.8. The Balaban J connectivity index is 1.86. The highest BCUT2D eigenvalue weighted by Gasteiger charge is 2.31. The summed E-state index contributed by atoms with van der Waals surface area (Å²) >= 11 is 0. The number of fused-ring (bicyclic) bond motifs is 2. The van der Waals surface area contributed by atoms with E-state index >= 15 is 0 Å². The van der Waals surface area contributed by atoms with Gasteiger partial charge in [0.25, 0.3) is 0 Å². The summed E-state index contributed by atoms with van der Waals surface area (Å²) < 4.78 is 35.1. The molecule has 0 amide bonds. The fourth-order valence-corrected chi connectivity index (χ4v) is 4.30. The Morgan fingerprint density at radius 2 is 2.06 bits per heavy atom. The van der Waals surface area contributed by atoms with Gasteiger partial charge >= 0.3 is 5.97 Å². The predicted octanol–water partition coefficient (Wildman–Crippen LogP) is 5.12. The van der Waals surface area contributed by atoms with Crippen molar-refractivity contribution in [1.82, 2.24) is 14.8 Å². The van der Waals surface area contributed by atoms with Gasteiger partial charge in [0, 0.05) is 45.8 Å². The first-order valence-electron chi connectivity index (χ1n) is 9.89. The maximum atomic E-state index is 14.1. The lowest BCUT2D eigenvalue weighted by atomic mass is 9.94. The topological polar surface area (TPSA) is 80.1 Å². The number of ether oxygens (including phenoxy) is 1. The van der Waals surface area contributed by atoms with Crippen molar-refractivity contribution in [2.45, 2.75) is 32.3 Å². The zero-order valence-electron chi connectivity index (χ0n) is 16.8. The maximum Gasteiger partial charge on any atom is 0.345 e. The highest BCUT2D eigenvalue weighted by Crippen LogP contribution is 2.42. The van der Waals surface area contributed by atoms with Crippen molar-refractivity contribution in [3.63, 3.8) is 0 Å². The molecule has 0 fully saturated rings. The minimum atomic E-state index is -1.03. The number of H-pyrrole nitrogens is 1. The average molecular weight is 423 g/mol. The lowest BCUT2D eigenvalue weighted by Crippen LogP contribution is -2.18. The van der Waals surface area contributed by atoms with Gasteiger partial charge in [-0.1, -0.05) is 13.8 Å². The van der Waals surface area contributed by atoms with Crippen LogP contribution in [0.15, 0.2) is 42.8 Å². The SMILES string of the molecule is CC(C)c1c(C2=COC(C(=O)O)C2)c2cc3[nH]ncc3cc2n1-c1ccc(F)c(F)c1. The van der Waals surface area contributed by atoms with E-state index in [0.717, 1.165) is 44.7 Å². The number of hydrogen-bond acceptors (Lipinski definition) is 3.